The maximum atomic E-state index is 11.4. The maximum Gasteiger partial charge on any atom is 0.235 e. The maximum absolute atomic E-state index is 11.4. The quantitative estimate of drug-likeness (QED) is 0.897. The van der Waals surface area contributed by atoms with E-state index >= 15 is 0 Å². The van der Waals surface area contributed by atoms with Crippen molar-refractivity contribution in [1.82, 2.24) is 0 Å². The van der Waals surface area contributed by atoms with Crippen LogP contribution in [0.5, 0.6) is 0 Å². The molecule has 8 heteroatoms. The Morgan fingerprint density at radius 3 is 2.12 bits per heavy atom. The van der Waals surface area contributed by atoms with Crippen LogP contribution in [0.4, 0.5) is 5.69 Å². The first-order valence-electron chi connectivity index (χ1n) is 4.11. The Labute approximate surface area is 108 Å². The van der Waals surface area contributed by atoms with Gasteiger partial charge in [-0.05, 0) is 12.1 Å². The molecule has 0 fully saturated rings. The van der Waals surface area contributed by atoms with Gasteiger partial charge in [-0.3, -0.25) is 4.72 Å². The highest BCUT2D eigenvalue weighted by Crippen LogP contribution is 2.34. The molecule has 90 valence electrons. The van der Waals surface area contributed by atoms with Crippen LogP contribution in [0.15, 0.2) is 12.1 Å². The van der Waals surface area contributed by atoms with Gasteiger partial charge in [-0.25, -0.2) is 8.42 Å². The van der Waals surface area contributed by atoms with Crippen molar-refractivity contribution in [2.45, 2.75) is 0 Å². The van der Waals surface area contributed by atoms with Crippen LogP contribution in [0.1, 0.15) is 0 Å². The fourth-order valence-corrected chi connectivity index (χ4v) is 2.86. The number of aliphatic hydroxyl groups is 1. The Balaban J connectivity index is 3.07. The fraction of sp³-hybridized carbons (Fsp3) is 0.250. The molecular weight excluding hydrogens is 297 g/mol. The Hall–Kier alpha value is -0.200. The van der Waals surface area contributed by atoms with Crippen molar-refractivity contribution in [1.29, 1.82) is 0 Å². The Morgan fingerprint density at radius 2 is 1.69 bits per heavy atom. The van der Waals surface area contributed by atoms with Crippen molar-refractivity contribution in [3.05, 3.63) is 27.2 Å². The third-order valence-corrected chi connectivity index (χ3v) is 3.67. The highest BCUT2D eigenvalue weighted by atomic mass is 35.5. The van der Waals surface area contributed by atoms with Crippen LogP contribution in [-0.4, -0.2) is 25.9 Å². The minimum absolute atomic E-state index is 0.0567. The second kappa shape index (κ2) is 5.42. The molecule has 2 N–H and O–H groups in total. The zero-order valence-corrected chi connectivity index (χ0v) is 11.0. The van der Waals surface area contributed by atoms with Gasteiger partial charge in [0, 0.05) is 5.02 Å². The molecule has 0 spiro atoms. The second-order valence-electron chi connectivity index (χ2n) is 2.89. The molecule has 4 nitrogen and oxygen atoms in total. The highest BCUT2D eigenvalue weighted by Gasteiger charge is 2.15. The van der Waals surface area contributed by atoms with Gasteiger partial charge in [0.2, 0.25) is 10.0 Å². The lowest BCUT2D eigenvalue weighted by Gasteiger charge is -2.10. The molecule has 0 unspecified atom stereocenters. The van der Waals surface area contributed by atoms with Gasteiger partial charge in [-0.2, -0.15) is 0 Å². The minimum Gasteiger partial charge on any atom is -0.395 e. The van der Waals surface area contributed by atoms with Crippen molar-refractivity contribution in [2.24, 2.45) is 0 Å². The predicted molar refractivity (Wildman–Crippen MR) is 66.0 cm³/mol. The molecule has 0 aliphatic carbocycles. The van der Waals surface area contributed by atoms with Gasteiger partial charge in [0.25, 0.3) is 0 Å². The number of sulfonamides is 1. The van der Waals surface area contributed by atoms with E-state index in [1.165, 1.54) is 12.1 Å². The van der Waals surface area contributed by atoms with Crippen LogP contribution in [-0.2, 0) is 10.0 Å². The molecule has 16 heavy (non-hydrogen) atoms. The molecule has 0 saturated carbocycles. The largest absolute Gasteiger partial charge is 0.395 e. The van der Waals surface area contributed by atoms with Crippen LogP contribution < -0.4 is 4.72 Å². The molecule has 0 aliphatic rings. The average Bonchev–Trinajstić information content (AvgIpc) is 2.11. The summed E-state index contributed by atoms with van der Waals surface area (Å²) < 4.78 is 24.9. The molecule has 0 heterocycles. The zero-order chi connectivity index (χ0) is 12.3. The van der Waals surface area contributed by atoms with Gasteiger partial charge in [0.1, 0.15) is 0 Å². The first-order valence-corrected chi connectivity index (χ1v) is 6.90. The molecule has 0 aromatic heterocycles. The lowest BCUT2D eigenvalue weighted by Crippen LogP contribution is -2.19. The van der Waals surface area contributed by atoms with E-state index in [1.807, 2.05) is 0 Å². The Morgan fingerprint density at radius 1 is 1.19 bits per heavy atom. The van der Waals surface area contributed by atoms with Crippen LogP contribution in [0, 0.1) is 0 Å². The first kappa shape index (κ1) is 13.9. The summed E-state index contributed by atoms with van der Waals surface area (Å²) in [6.07, 6.45) is 0. The van der Waals surface area contributed by atoms with Gasteiger partial charge in [0.05, 0.1) is 28.1 Å². The van der Waals surface area contributed by atoms with Crippen molar-refractivity contribution in [3.8, 4) is 0 Å². The number of nitrogens with one attached hydrogen (secondary N) is 1. The van der Waals surface area contributed by atoms with E-state index < -0.39 is 22.4 Å². The fourth-order valence-electron chi connectivity index (χ4n) is 0.966. The standard InChI is InChI=1S/C8H8Cl3NO3S/c9-5-3-6(10)8(7(11)4-5)12-16(14,15)2-1-13/h3-4,12-13H,1-2H2. The predicted octanol–water partition coefficient (Wildman–Crippen LogP) is 2.38. The zero-order valence-electron chi connectivity index (χ0n) is 7.87. The summed E-state index contributed by atoms with van der Waals surface area (Å²) in [5, 5.41) is 9.05. The normalized spacial score (nSPS) is 11.5. The molecule has 0 saturated heterocycles. The lowest BCUT2D eigenvalue weighted by molar-refractivity contribution is 0.320. The summed E-state index contributed by atoms with van der Waals surface area (Å²) in [5.41, 5.74) is 0.0567. The minimum atomic E-state index is -3.65. The number of anilines is 1. The SMILES string of the molecule is O=S(=O)(CCO)Nc1c(Cl)cc(Cl)cc1Cl. The number of halogens is 3. The van der Waals surface area contributed by atoms with E-state index in [2.05, 4.69) is 4.72 Å². The van der Waals surface area contributed by atoms with Crippen LogP contribution in [0.25, 0.3) is 0 Å². The van der Waals surface area contributed by atoms with Crippen molar-refractivity contribution in [2.75, 3.05) is 17.1 Å². The molecular formula is C8H8Cl3NO3S. The van der Waals surface area contributed by atoms with Gasteiger partial charge >= 0.3 is 0 Å². The molecule has 0 aliphatic heterocycles. The lowest BCUT2D eigenvalue weighted by atomic mass is 10.3. The summed E-state index contributed by atoms with van der Waals surface area (Å²) >= 11 is 17.2. The van der Waals surface area contributed by atoms with Crippen LogP contribution in [0.3, 0.4) is 0 Å². The monoisotopic (exact) mass is 303 g/mol. The number of benzene rings is 1. The topological polar surface area (TPSA) is 66.4 Å². The highest BCUT2D eigenvalue weighted by molar-refractivity contribution is 7.92. The summed E-state index contributed by atoms with van der Waals surface area (Å²) in [6, 6.07) is 2.73. The smallest absolute Gasteiger partial charge is 0.235 e. The molecule has 1 aromatic rings. The van der Waals surface area contributed by atoms with E-state index in [9.17, 15) is 8.42 Å². The van der Waals surface area contributed by atoms with Gasteiger partial charge in [-0.15, -0.1) is 0 Å². The Bertz CT molecular complexity index is 466. The first-order chi connectivity index (χ1) is 7.35. The number of hydrogen-bond acceptors (Lipinski definition) is 3. The molecule has 1 rings (SSSR count). The third-order valence-electron chi connectivity index (χ3n) is 1.62. The van der Waals surface area contributed by atoms with Gasteiger partial charge in [-0.1, -0.05) is 34.8 Å². The van der Waals surface area contributed by atoms with E-state index in [0.717, 1.165) is 0 Å². The van der Waals surface area contributed by atoms with Gasteiger partial charge < -0.3 is 5.11 Å². The Kier molecular flexibility index (Phi) is 4.70. The molecule has 1 aromatic carbocycles. The number of rotatable bonds is 4. The van der Waals surface area contributed by atoms with Crippen LogP contribution >= 0.6 is 34.8 Å². The van der Waals surface area contributed by atoms with Gasteiger partial charge in [0.15, 0.2) is 0 Å². The van der Waals surface area contributed by atoms with Crippen LogP contribution in [0.2, 0.25) is 15.1 Å². The van der Waals surface area contributed by atoms with Crippen molar-refractivity contribution >= 4 is 50.5 Å². The van der Waals surface area contributed by atoms with E-state index in [1.54, 1.807) is 0 Å². The average molecular weight is 305 g/mol. The number of aliphatic hydroxyl groups excluding tert-OH is 1. The molecule has 0 atom stereocenters. The molecule has 0 radical (unpaired) electrons. The van der Waals surface area contributed by atoms with E-state index in [-0.39, 0.29) is 15.7 Å². The summed E-state index contributed by atoms with van der Waals surface area (Å²) in [5.74, 6) is -0.428. The third kappa shape index (κ3) is 3.68. The number of hydrogen-bond donors (Lipinski definition) is 2. The van der Waals surface area contributed by atoms with Crippen molar-refractivity contribution in [3.63, 3.8) is 0 Å². The summed E-state index contributed by atoms with van der Waals surface area (Å²) in [6.45, 7) is -0.488. The van der Waals surface area contributed by atoms with Crippen molar-refractivity contribution < 1.29 is 13.5 Å². The molecule has 0 bridgehead atoms. The summed E-state index contributed by atoms with van der Waals surface area (Å²) in [4.78, 5) is 0. The second-order valence-corrected chi connectivity index (χ2v) is 5.98. The van der Waals surface area contributed by atoms with E-state index in [0.29, 0.717) is 5.02 Å². The summed E-state index contributed by atoms with van der Waals surface area (Å²) in [7, 11) is -3.65. The van der Waals surface area contributed by atoms with E-state index in [4.69, 9.17) is 39.9 Å². The molecule has 0 amide bonds.